The van der Waals surface area contributed by atoms with E-state index in [0.717, 1.165) is 11.3 Å². The van der Waals surface area contributed by atoms with Crippen molar-refractivity contribution in [2.24, 2.45) is 0 Å². The van der Waals surface area contributed by atoms with Gasteiger partial charge in [0.25, 0.3) is 5.91 Å². The number of anilines is 3. The van der Waals surface area contributed by atoms with Gasteiger partial charge in [0.1, 0.15) is 5.75 Å². The molecular weight excluding hydrogens is 420 g/mol. The van der Waals surface area contributed by atoms with Crippen LogP contribution in [0.5, 0.6) is 5.75 Å². The number of hydrogen-bond donors (Lipinski definition) is 2. The van der Waals surface area contributed by atoms with Crippen molar-refractivity contribution in [3.05, 3.63) is 53.1 Å². The highest BCUT2D eigenvalue weighted by Gasteiger charge is 2.22. The summed E-state index contributed by atoms with van der Waals surface area (Å²) in [5.41, 5.74) is 4.38. The first kappa shape index (κ1) is 20.4. The molecule has 0 radical (unpaired) electrons. The molecule has 7 nitrogen and oxygen atoms in total. The monoisotopic (exact) mass is 440 g/mol. The van der Waals surface area contributed by atoms with E-state index < -0.39 is 0 Å². The molecule has 0 saturated carbocycles. The molecule has 1 atom stereocenters. The lowest BCUT2D eigenvalue weighted by atomic mass is 10.1. The lowest BCUT2D eigenvalue weighted by Gasteiger charge is -2.18. The molecule has 2 N–H and O–H groups in total. The molecule has 30 heavy (non-hydrogen) atoms. The molecule has 154 valence electrons. The van der Waals surface area contributed by atoms with Crippen molar-refractivity contribution < 1.29 is 14.3 Å². The van der Waals surface area contributed by atoms with Crippen molar-refractivity contribution in [1.29, 1.82) is 0 Å². The van der Waals surface area contributed by atoms with Gasteiger partial charge in [0, 0.05) is 11.3 Å². The molecule has 2 heterocycles. The topological polar surface area (TPSA) is 93.2 Å². The van der Waals surface area contributed by atoms with Gasteiger partial charge in [-0.1, -0.05) is 35.2 Å². The number of carbonyl (C=O) groups excluding carboxylic acids is 2. The Hall–Kier alpha value is -2.91. The third-order valence-corrected chi connectivity index (χ3v) is 6.82. The van der Waals surface area contributed by atoms with Crippen LogP contribution in [0.2, 0.25) is 0 Å². The molecule has 1 aliphatic heterocycles. The van der Waals surface area contributed by atoms with Crippen LogP contribution in [0.4, 0.5) is 16.5 Å². The van der Waals surface area contributed by atoms with Crippen LogP contribution in [-0.4, -0.2) is 33.7 Å². The number of nitrogens with one attached hydrogen (secondary N) is 2. The largest absolute Gasteiger partial charge is 0.482 e. The van der Waals surface area contributed by atoms with Gasteiger partial charge in [0.15, 0.2) is 16.7 Å². The summed E-state index contributed by atoms with van der Waals surface area (Å²) < 4.78 is 6.05. The smallest absolute Gasteiger partial charge is 0.262 e. The maximum absolute atomic E-state index is 12.9. The van der Waals surface area contributed by atoms with Crippen LogP contribution < -0.4 is 15.4 Å². The van der Waals surface area contributed by atoms with Gasteiger partial charge in [-0.15, -0.1) is 10.2 Å². The predicted octanol–water partition coefficient (Wildman–Crippen LogP) is 4.59. The summed E-state index contributed by atoms with van der Waals surface area (Å²) in [6.45, 7) is 5.94. The van der Waals surface area contributed by atoms with Crippen molar-refractivity contribution >= 4 is 51.3 Å². The van der Waals surface area contributed by atoms with Crippen LogP contribution in [-0.2, 0) is 4.79 Å². The predicted molar refractivity (Wildman–Crippen MR) is 119 cm³/mol. The first-order chi connectivity index (χ1) is 14.4. The van der Waals surface area contributed by atoms with E-state index in [1.54, 1.807) is 18.2 Å². The highest BCUT2D eigenvalue weighted by Crippen LogP contribution is 2.34. The second kappa shape index (κ2) is 8.45. The summed E-state index contributed by atoms with van der Waals surface area (Å²) in [5.74, 6) is 0.284. The summed E-state index contributed by atoms with van der Waals surface area (Å²) in [6.07, 6.45) is 0. The molecule has 9 heteroatoms. The number of aromatic nitrogens is 2. The molecule has 2 aromatic carbocycles. The summed E-state index contributed by atoms with van der Waals surface area (Å²) in [4.78, 5) is 24.4. The first-order valence-electron chi connectivity index (χ1n) is 9.35. The second-order valence-electron chi connectivity index (χ2n) is 6.92. The zero-order valence-electron chi connectivity index (χ0n) is 16.7. The summed E-state index contributed by atoms with van der Waals surface area (Å²) >= 11 is 2.77. The zero-order valence-corrected chi connectivity index (χ0v) is 18.3. The van der Waals surface area contributed by atoms with Crippen molar-refractivity contribution in [3.8, 4) is 5.75 Å². The Morgan fingerprint density at radius 1 is 1.27 bits per heavy atom. The SMILES string of the molecule is Cc1cccc(Nc2nnc(SC(C)C(=O)c3ccc4c(c3)NC(=O)CO4)s2)c1C. The number of thioether (sulfide) groups is 1. The van der Waals surface area contributed by atoms with Crippen molar-refractivity contribution in [1.82, 2.24) is 10.2 Å². The van der Waals surface area contributed by atoms with Gasteiger partial charge >= 0.3 is 0 Å². The standard InChI is InChI=1S/C21H20N4O3S2/c1-11-5-4-6-15(12(11)2)23-20-24-25-21(30-20)29-13(3)19(27)14-7-8-17-16(9-14)22-18(26)10-28-17/h4-9,13H,10H2,1-3H3,(H,22,26)(H,23,24). The van der Waals surface area contributed by atoms with Crippen LogP contribution >= 0.6 is 23.1 Å². The van der Waals surface area contributed by atoms with Crippen LogP contribution in [0.3, 0.4) is 0 Å². The Morgan fingerprint density at radius 2 is 2.10 bits per heavy atom. The van der Waals surface area contributed by atoms with E-state index in [4.69, 9.17) is 4.74 Å². The van der Waals surface area contributed by atoms with E-state index in [2.05, 4.69) is 40.7 Å². The molecule has 0 aliphatic carbocycles. The maximum atomic E-state index is 12.9. The van der Waals surface area contributed by atoms with Gasteiger partial charge < -0.3 is 15.4 Å². The normalized spacial score (nSPS) is 13.8. The van der Waals surface area contributed by atoms with Crippen LogP contribution in [0.25, 0.3) is 0 Å². The van der Waals surface area contributed by atoms with Gasteiger partial charge in [0.05, 0.1) is 10.9 Å². The number of ketones is 1. The number of nitrogens with zero attached hydrogens (tertiary/aromatic N) is 2. The summed E-state index contributed by atoms with van der Waals surface area (Å²) in [7, 11) is 0. The number of benzene rings is 2. The number of aryl methyl sites for hydroxylation is 1. The minimum absolute atomic E-state index is 0.0119. The van der Waals surface area contributed by atoms with Gasteiger partial charge in [-0.2, -0.15) is 0 Å². The van der Waals surface area contributed by atoms with E-state index >= 15 is 0 Å². The van der Waals surface area contributed by atoms with E-state index in [-0.39, 0.29) is 23.5 Å². The highest BCUT2D eigenvalue weighted by molar-refractivity contribution is 8.02. The first-order valence-corrected chi connectivity index (χ1v) is 11.0. The molecule has 3 aromatic rings. The molecule has 1 unspecified atom stereocenters. The van der Waals surface area contributed by atoms with Crippen LogP contribution in [0.15, 0.2) is 40.7 Å². The van der Waals surface area contributed by atoms with Crippen LogP contribution in [0, 0.1) is 13.8 Å². The van der Waals surface area contributed by atoms with E-state index in [1.165, 1.54) is 28.7 Å². The molecule has 1 aromatic heterocycles. The third-order valence-electron chi connectivity index (χ3n) is 4.80. The molecule has 1 aliphatic rings. The Kier molecular flexibility index (Phi) is 5.74. The minimum atomic E-state index is -0.357. The van der Waals surface area contributed by atoms with Gasteiger partial charge in [-0.05, 0) is 56.2 Å². The minimum Gasteiger partial charge on any atom is -0.482 e. The lowest BCUT2D eigenvalue weighted by Crippen LogP contribution is -2.25. The number of ether oxygens (including phenoxy) is 1. The summed E-state index contributed by atoms with van der Waals surface area (Å²) in [5, 5.41) is 14.7. The zero-order chi connectivity index (χ0) is 21.3. The fraction of sp³-hybridized carbons (Fsp3) is 0.238. The number of fused-ring (bicyclic) bond motifs is 1. The maximum Gasteiger partial charge on any atom is 0.262 e. The van der Waals surface area contributed by atoms with Gasteiger partial charge in [-0.3, -0.25) is 9.59 Å². The average molecular weight is 441 g/mol. The van der Waals surface area contributed by atoms with Crippen molar-refractivity contribution in [2.45, 2.75) is 30.4 Å². The molecule has 0 bridgehead atoms. The molecule has 0 saturated heterocycles. The highest BCUT2D eigenvalue weighted by atomic mass is 32.2. The third kappa shape index (κ3) is 4.31. The molecule has 0 spiro atoms. The van der Waals surface area contributed by atoms with E-state index in [9.17, 15) is 9.59 Å². The average Bonchev–Trinajstić information content (AvgIpc) is 3.17. The number of carbonyl (C=O) groups is 2. The number of amides is 1. The second-order valence-corrected chi connectivity index (χ2v) is 9.48. The fourth-order valence-corrected chi connectivity index (χ4v) is 4.97. The molecule has 0 fully saturated rings. The Labute approximate surface area is 182 Å². The van der Waals surface area contributed by atoms with Gasteiger partial charge in [-0.25, -0.2) is 0 Å². The number of Topliss-reactive ketones (excluding diaryl/α,β-unsaturated/α-hetero) is 1. The summed E-state index contributed by atoms with van der Waals surface area (Å²) in [6, 6.07) is 11.1. The fourth-order valence-electron chi connectivity index (χ4n) is 2.99. The Bertz CT molecular complexity index is 1130. The van der Waals surface area contributed by atoms with E-state index in [0.29, 0.717) is 26.5 Å². The number of hydrogen-bond acceptors (Lipinski definition) is 8. The van der Waals surface area contributed by atoms with Crippen LogP contribution in [0.1, 0.15) is 28.4 Å². The molecule has 4 rings (SSSR count). The Balaban J connectivity index is 1.43. The molecular formula is C21H20N4O3S2. The number of rotatable bonds is 6. The Morgan fingerprint density at radius 3 is 2.93 bits per heavy atom. The lowest BCUT2D eigenvalue weighted by molar-refractivity contribution is -0.118. The molecule has 1 amide bonds. The van der Waals surface area contributed by atoms with E-state index in [1.807, 2.05) is 19.1 Å². The quantitative estimate of drug-likeness (QED) is 0.428. The van der Waals surface area contributed by atoms with Gasteiger partial charge in [0.2, 0.25) is 5.13 Å². The van der Waals surface area contributed by atoms with Crippen molar-refractivity contribution in [2.75, 3.05) is 17.2 Å². The van der Waals surface area contributed by atoms with Crippen molar-refractivity contribution in [3.63, 3.8) is 0 Å².